The molecule has 1 aromatic heterocycles. The number of rotatable bonds is 9. The first-order valence-corrected chi connectivity index (χ1v) is 9.14. The molecule has 1 amide bonds. The van der Waals surface area contributed by atoms with Crippen LogP contribution < -0.4 is 10.1 Å². The summed E-state index contributed by atoms with van der Waals surface area (Å²) in [5.41, 5.74) is -0.0541. The van der Waals surface area contributed by atoms with Gasteiger partial charge >= 0.3 is 5.97 Å². The summed E-state index contributed by atoms with van der Waals surface area (Å²) in [7, 11) is 1.38. The molecule has 0 spiro atoms. The molecule has 0 unspecified atom stereocenters. The molecule has 2 aromatic rings. The van der Waals surface area contributed by atoms with Crippen molar-refractivity contribution in [3.05, 3.63) is 50.7 Å². The molecule has 1 heterocycles. The fourth-order valence-electron chi connectivity index (χ4n) is 2.31. The molecule has 144 valence electrons. The molecule has 0 aliphatic heterocycles. The van der Waals surface area contributed by atoms with Gasteiger partial charge in [-0.2, -0.15) is 0 Å². The third kappa shape index (κ3) is 6.07. The number of nitrogens with zero attached hydrogens (tertiary/aromatic N) is 1. The van der Waals surface area contributed by atoms with Crippen molar-refractivity contribution in [1.29, 1.82) is 0 Å². The van der Waals surface area contributed by atoms with Crippen LogP contribution >= 0.6 is 11.3 Å². The third-order valence-corrected chi connectivity index (χ3v) is 4.65. The molecule has 0 aliphatic carbocycles. The second kappa shape index (κ2) is 9.67. The number of benzene rings is 1. The molecule has 0 aliphatic rings. The Kier molecular flexibility index (Phi) is 7.30. The van der Waals surface area contributed by atoms with Crippen molar-refractivity contribution in [1.82, 2.24) is 0 Å². The number of aryl methyl sites for hydroxylation is 1. The summed E-state index contributed by atoms with van der Waals surface area (Å²) >= 11 is 1.63. The minimum Gasteiger partial charge on any atom is -0.495 e. The smallest absolute Gasteiger partial charge is 0.306 e. The number of hydrogen-bond acceptors (Lipinski definition) is 7. The maximum Gasteiger partial charge on any atom is 0.306 e. The first kappa shape index (κ1) is 20.4. The lowest BCUT2D eigenvalue weighted by molar-refractivity contribution is -0.384. The molecule has 8 nitrogen and oxygen atoms in total. The Bertz CT molecular complexity index is 806. The van der Waals surface area contributed by atoms with E-state index in [4.69, 9.17) is 9.47 Å². The number of anilines is 1. The maximum absolute atomic E-state index is 12.2. The zero-order valence-electron chi connectivity index (χ0n) is 15.0. The molecular formula is C18H20N2O6S. The number of non-ortho nitro benzene ring substituents is 1. The van der Waals surface area contributed by atoms with Crippen LogP contribution in [0.3, 0.4) is 0 Å². The molecule has 0 fully saturated rings. The molecule has 0 radical (unpaired) electrons. The van der Waals surface area contributed by atoms with Crippen LogP contribution in [0.5, 0.6) is 5.75 Å². The van der Waals surface area contributed by atoms with E-state index >= 15 is 0 Å². The lowest BCUT2D eigenvalue weighted by Gasteiger charge is -2.15. The van der Waals surface area contributed by atoms with Crippen molar-refractivity contribution in [3.63, 3.8) is 0 Å². The average Bonchev–Trinajstić information content (AvgIpc) is 3.14. The summed E-state index contributed by atoms with van der Waals surface area (Å²) in [5.74, 6) is -0.802. The lowest BCUT2D eigenvalue weighted by atomic mass is 10.2. The van der Waals surface area contributed by atoms with E-state index in [1.54, 1.807) is 11.3 Å². The lowest BCUT2D eigenvalue weighted by Crippen LogP contribution is -2.30. The van der Waals surface area contributed by atoms with Crippen LogP contribution in [0.2, 0.25) is 0 Å². The summed E-state index contributed by atoms with van der Waals surface area (Å²) in [6.45, 7) is 1.44. The number of nitro benzene ring substituents is 1. The molecule has 1 aromatic carbocycles. The topological polar surface area (TPSA) is 108 Å². The molecule has 0 saturated heterocycles. The molecule has 0 saturated carbocycles. The van der Waals surface area contributed by atoms with Crippen LogP contribution in [0.4, 0.5) is 11.4 Å². The van der Waals surface area contributed by atoms with E-state index in [2.05, 4.69) is 5.32 Å². The van der Waals surface area contributed by atoms with Crippen LogP contribution in [0.1, 0.15) is 24.6 Å². The zero-order chi connectivity index (χ0) is 19.8. The van der Waals surface area contributed by atoms with Crippen molar-refractivity contribution >= 4 is 34.6 Å². The van der Waals surface area contributed by atoms with E-state index < -0.39 is 22.9 Å². The largest absolute Gasteiger partial charge is 0.495 e. The van der Waals surface area contributed by atoms with Gasteiger partial charge in [0, 0.05) is 23.4 Å². The Labute approximate surface area is 160 Å². The summed E-state index contributed by atoms with van der Waals surface area (Å²) in [6, 6.07) is 7.79. The van der Waals surface area contributed by atoms with E-state index in [9.17, 15) is 19.7 Å². The highest BCUT2D eigenvalue weighted by molar-refractivity contribution is 7.09. The number of esters is 1. The predicted octanol–water partition coefficient (Wildman–Crippen LogP) is 3.56. The Hall–Kier alpha value is -2.94. The van der Waals surface area contributed by atoms with Gasteiger partial charge in [0.05, 0.1) is 17.7 Å². The number of thiophene rings is 1. The van der Waals surface area contributed by atoms with Gasteiger partial charge in [-0.25, -0.2) is 0 Å². The van der Waals surface area contributed by atoms with Crippen molar-refractivity contribution in [2.24, 2.45) is 0 Å². The van der Waals surface area contributed by atoms with Gasteiger partial charge in [-0.05, 0) is 37.3 Å². The quantitative estimate of drug-likeness (QED) is 0.397. The minimum atomic E-state index is -1.04. The van der Waals surface area contributed by atoms with E-state index in [0.29, 0.717) is 6.42 Å². The highest BCUT2D eigenvalue weighted by Gasteiger charge is 2.20. The number of nitro groups is 1. The average molecular weight is 392 g/mol. The number of ether oxygens (including phenoxy) is 2. The van der Waals surface area contributed by atoms with Gasteiger partial charge in [-0.15, -0.1) is 11.3 Å². The standard InChI is InChI=1S/C18H20N2O6S/c1-12(26-17(21)7-3-5-14-6-4-10-27-14)18(22)19-15-11-13(20(23)24)8-9-16(15)25-2/h4,6,8-12H,3,5,7H2,1-2H3,(H,19,22)/t12-/m1/s1. The van der Waals surface area contributed by atoms with Gasteiger partial charge in [-0.1, -0.05) is 6.07 Å². The molecule has 0 bridgehead atoms. The SMILES string of the molecule is COc1ccc([N+](=O)[O-])cc1NC(=O)[C@@H](C)OC(=O)CCCc1cccs1. The summed E-state index contributed by atoms with van der Waals surface area (Å²) < 4.78 is 10.2. The van der Waals surface area contributed by atoms with E-state index in [1.165, 1.54) is 37.1 Å². The monoisotopic (exact) mass is 392 g/mol. The Morgan fingerprint density at radius 1 is 1.33 bits per heavy atom. The Morgan fingerprint density at radius 3 is 2.74 bits per heavy atom. The van der Waals surface area contributed by atoms with Crippen LogP contribution in [0.15, 0.2) is 35.7 Å². The highest BCUT2D eigenvalue weighted by Crippen LogP contribution is 2.29. The molecule has 9 heteroatoms. The van der Waals surface area contributed by atoms with E-state index in [-0.39, 0.29) is 23.5 Å². The summed E-state index contributed by atoms with van der Waals surface area (Å²) in [5, 5.41) is 15.4. The molecule has 2 rings (SSSR count). The first-order valence-electron chi connectivity index (χ1n) is 8.26. The maximum atomic E-state index is 12.2. The van der Waals surface area contributed by atoms with Crippen LogP contribution in [0.25, 0.3) is 0 Å². The number of methoxy groups -OCH3 is 1. The van der Waals surface area contributed by atoms with Gasteiger partial charge in [0.25, 0.3) is 11.6 Å². The normalized spacial score (nSPS) is 11.5. The molecule has 1 N–H and O–H groups in total. The van der Waals surface area contributed by atoms with Gasteiger partial charge in [0.1, 0.15) is 5.75 Å². The summed E-state index contributed by atoms with van der Waals surface area (Å²) in [4.78, 5) is 35.6. The number of carbonyl (C=O) groups is 2. The summed E-state index contributed by atoms with van der Waals surface area (Å²) in [6.07, 6.45) is 0.573. The fourth-order valence-corrected chi connectivity index (χ4v) is 3.06. The highest BCUT2D eigenvalue weighted by atomic mass is 32.1. The van der Waals surface area contributed by atoms with E-state index in [0.717, 1.165) is 6.42 Å². The van der Waals surface area contributed by atoms with Crippen LogP contribution in [-0.4, -0.2) is 30.0 Å². The van der Waals surface area contributed by atoms with Crippen LogP contribution in [-0.2, 0) is 20.7 Å². The van der Waals surface area contributed by atoms with Gasteiger partial charge in [0.2, 0.25) is 0 Å². The predicted molar refractivity (Wildman–Crippen MR) is 101 cm³/mol. The van der Waals surface area contributed by atoms with Gasteiger partial charge in [-0.3, -0.25) is 19.7 Å². The van der Waals surface area contributed by atoms with Crippen molar-refractivity contribution in [2.75, 3.05) is 12.4 Å². The second-order valence-electron chi connectivity index (χ2n) is 5.70. The number of nitrogens with one attached hydrogen (secondary N) is 1. The van der Waals surface area contributed by atoms with Gasteiger partial charge < -0.3 is 14.8 Å². The van der Waals surface area contributed by atoms with Crippen molar-refractivity contribution in [2.45, 2.75) is 32.3 Å². The Morgan fingerprint density at radius 2 is 2.11 bits per heavy atom. The van der Waals surface area contributed by atoms with E-state index in [1.807, 2.05) is 17.5 Å². The minimum absolute atomic E-state index is 0.136. The zero-order valence-corrected chi connectivity index (χ0v) is 15.8. The molecular weight excluding hydrogens is 372 g/mol. The molecule has 27 heavy (non-hydrogen) atoms. The number of carbonyl (C=O) groups excluding carboxylic acids is 2. The Balaban J connectivity index is 1.88. The number of hydrogen-bond donors (Lipinski definition) is 1. The number of amides is 1. The molecule has 1 atom stereocenters. The van der Waals surface area contributed by atoms with Crippen molar-refractivity contribution < 1.29 is 24.0 Å². The third-order valence-electron chi connectivity index (χ3n) is 3.71. The van der Waals surface area contributed by atoms with Crippen molar-refractivity contribution in [3.8, 4) is 5.75 Å². The first-order chi connectivity index (χ1) is 12.9. The van der Waals surface area contributed by atoms with Crippen LogP contribution in [0, 0.1) is 10.1 Å². The van der Waals surface area contributed by atoms with Gasteiger partial charge in [0.15, 0.2) is 6.10 Å². The second-order valence-corrected chi connectivity index (χ2v) is 6.73. The fraction of sp³-hybridized carbons (Fsp3) is 0.333.